The number of methoxy groups -OCH3 is 1. The maximum Gasteiger partial charge on any atom is 0.340 e. The summed E-state index contributed by atoms with van der Waals surface area (Å²) in [6.45, 7) is 0. The highest BCUT2D eigenvalue weighted by molar-refractivity contribution is 6.01. The topological polar surface area (TPSA) is 55.0 Å². The first kappa shape index (κ1) is 10.3. The van der Waals surface area contributed by atoms with Crippen molar-refractivity contribution in [2.45, 2.75) is 19.3 Å². The summed E-state index contributed by atoms with van der Waals surface area (Å²) in [4.78, 5) is 19.4. The summed E-state index contributed by atoms with van der Waals surface area (Å²) in [5.41, 5.74) is 2.15. The number of carbonyl (C=O) groups excluding carboxylic acids is 1. The van der Waals surface area contributed by atoms with Gasteiger partial charge in [0.1, 0.15) is 11.3 Å². The molecule has 0 radical (unpaired) electrons. The minimum atomic E-state index is -0.333. The van der Waals surface area contributed by atoms with Gasteiger partial charge in [-0.3, -0.25) is 0 Å². The van der Waals surface area contributed by atoms with Crippen molar-refractivity contribution in [1.29, 1.82) is 0 Å². The average Bonchev–Trinajstić information content (AvgIpc) is 3.05. The van der Waals surface area contributed by atoms with Gasteiger partial charge in [0, 0.05) is 6.42 Å². The molecule has 3 rings (SSSR count). The number of rotatable bonds is 3. The van der Waals surface area contributed by atoms with Crippen molar-refractivity contribution in [2.24, 2.45) is 5.92 Å². The van der Waals surface area contributed by atoms with Crippen LogP contribution in [0.2, 0.25) is 0 Å². The second kappa shape index (κ2) is 3.87. The number of nitrogens with zero attached hydrogens (tertiary/aromatic N) is 1. The number of aromatic nitrogens is 2. The van der Waals surface area contributed by atoms with Crippen molar-refractivity contribution in [3.05, 3.63) is 29.6 Å². The lowest BCUT2D eigenvalue weighted by Crippen LogP contribution is -2.01. The minimum absolute atomic E-state index is 0.333. The second-order valence-electron chi connectivity index (χ2n) is 4.52. The zero-order valence-electron chi connectivity index (χ0n) is 9.69. The molecule has 1 saturated carbocycles. The SMILES string of the molecule is COC(=O)c1cccc2[nH]c(CC3CC3)nc12. The van der Waals surface area contributed by atoms with E-state index in [0.717, 1.165) is 29.2 Å². The van der Waals surface area contributed by atoms with Gasteiger partial charge in [-0.05, 0) is 30.9 Å². The Morgan fingerprint density at radius 3 is 3.06 bits per heavy atom. The third kappa shape index (κ3) is 1.90. The fraction of sp³-hybridized carbons (Fsp3) is 0.385. The van der Waals surface area contributed by atoms with E-state index in [1.165, 1.54) is 20.0 Å². The summed E-state index contributed by atoms with van der Waals surface area (Å²) in [6.07, 6.45) is 3.57. The predicted octanol–water partition coefficient (Wildman–Crippen LogP) is 2.30. The molecule has 1 fully saturated rings. The van der Waals surface area contributed by atoms with Crippen LogP contribution in [0, 0.1) is 5.92 Å². The zero-order valence-corrected chi connectivity index (χ0v) is 9.69. The monoisotopic (exact) mass is 230 g/mol. The van der Waals surface area contributed by atoms with Crippen LogP contribution in [-0.4, -0.2) is 23.0 Å². The Hall–Kier alpha value is -1.84. The van der Waals surface area contributed by atoms with Gasteiger partial charge in [0.2, 0.25) is 0 Å². The lowest BCUT2D eigenvalue weighted by atomic mass is 10.2. The molecule has 4 nitrogen and oxygen atoms in total. The molecule has 0 saturated heterocycles. The van der Waals surface area contributed by atoms with Gasteiger partial charge >= 0.3 is 5.97 Å². The lowest BCUT2D eigenvalue weighted by Gasteiger charge is -1.98. The Balaban J connectivity index is 2.04. The Bertz CT molecular complexity index is 570. The summed E-state index contributed by atoms with van der Waals surface area (Å²) in [7, 11) is 1.39. The Morgan fingerprint density at radius 2 is 2.35 bits per heavy atom. The maximum atomic E-state index is 11.6. The summed E-state index contributed by atoms with van der Waals surface area (Å²) in [6, 6.07) is 5.52. The molecule has 2 aromatic rings. The molecule has 0 aliphatic heterocycles. The molecule has 0 atom stereocenters. The van der Waals surface area contributed by atoms with Crippen molar-refractivity contribution >= 4 is 17.0 Å². The van der Waals surface area contributed by atoms with E-state index in [0.29, 0.717) is 5.56 Å². The molecular weight excluding hydrogens is 216 g/mol. The summed E-state index contributed by atoms with van der Waals surface area (Å²) in [5.74, 6) is 1.41. The van der Waals surface area contributed by atoms with Gasteiger partial charge in [0.25, 0.3) is 0 Å². The highest BCUT2D eigenvalue weighted by Gasteiger charge is 2.23. The van der Waals surface area contributed by atoms with Crippen LogP contribution in [0.5, 0.6) is 0 Å². The molecule has 1 heterocycles. The quantitative estimate of drug-likeness (QED) is 0.823. The molecule has 1 aromatic carbocycles. The second-order valence-corrected chi connectivity index (χ2v) is 4.52. The molecule has 17 heavy (non-hydrogen) atoms. The van der Waals surface area contributed by atoms with Crippen LogP contribution >= 0.6 is 0 Å². The smallest absolute Gasteiger partial charge is 0.340 e. The van der Waals surface area contributed by atoms with Gasteiger partial charge in [-0.1, -0.05) is 6.07 Å². The molecule has 1 aliphatic rings. The lowest BCUT2D eigenvalue weighted by molar-refractivity contribution is 0.0603. The van der Waals surface area contributed by atoms with Crippen molar-refractivity contribution in [1.82, 2.24) is 9.97 Å². The number of H-pyrrole nitrogens is 1. The van der Waals surface area contributed by atoms with Crippen LogP contribution in [0.1, 0.15) is 29.0 Å². The zero-order chi connectivity index (χ0) is 11.8. The number of nitrogens with one attached hydrogen (secondary N) is 1. The first-order chi connectivity index (χ1) is 8.28. The van der Waals surface area contributed by atoms with Crippen molar-refractivity contribution in [2.75, 3.05) is 7.11 Å². The fourth-order valence-electron chi connectivity index (χ4n) is 2.05. The molecule has 0 spiro atoms. The first-order valence-electron chi connectivity index (χ1n) is 5.84. The van der Waals surface area contributed by atoms with Gasteiger partial charge in [0.15, 0.2) is 0 Å². The van der Waals surface area contributed by atoms with Crippen LogP contribution in [0.15, 0.2) is 18.2 Å². The Kier molecular flexibility index (Phi) is 2.35. The largest absolute Gasteiger partial charge is 0.465 e. The van der Waals surface area contributed by atoms with Gasteiger partial charge < -0.3 is 9.72 Å². The molecule has 1 N–H and O–H groups in total. The number of para-hydroxylation sites is 1. The normalized spacial score (nSPS) is 15.1. The van der Waals surface area contributed by atoms with E-state index in [-0.39, 0.29) is 5.97 Å². The summed E-state index contributed by atoms with van der Waals surface area (Å²) >= 11 is 0. The van der Waals surface area contributed by atoms with Crippen LogP contribution in [-0.2, 0) is 11.2 Å². The Morgan fingerprint density at radius 1 is 1.53 bits per heavy atom. The summed E-state index contributed by atoms with van der Waals surface area (Å²) in [5, 5.41) is 0. The number of carbonyl (C=O) groups is 1. The third-order valence-corrected chi connectivity index (χ3v) is 3.15. The molecule has 0 amide bonds. The van der Waals surface area contributed by atoms with E-state index in [1.807, 2.05) is 12.1 Å². The molecular formula is C13H14N2O2. The van der Waals surface area contributed by atoms with Crippen molar-refractivity contribution < 1.29 is 9.53 Å². The van der Waals surface area contributed by atoms with E-state index >= 15 is 0 Å². The highest BCUT2D eigenvalue weighted by Crippen LogP contribution is 2.32. The third-order valence-electron chi connectivity index (χ3n) is 3.15. The number of ether oxygens (including phenoxy) is 1. The Labute approximate surface area is 99.0 Å². The van der Waals surface area contributed by atoms with Gasteiger partial charge in [-0.2, -0.15) is 0 Å². The van der Waals surface area contributed by atoms with Gasteiger partial charge in [-0.15, -0.1) is 0 Å². The maximum absolute atomic E-state index is 11.6. The number of aromatic amines is 1. The number of hydrogen-bond acceptors (Lipinski definition) is 3. The van der Waals surface area contributed by atoms with Crippen molar-refractivity contribution in [3.8, 4) is 0 Å². The van der Waals surface area contributed by atoms with E-state index in [4.69, 9.17) is 4.74 Å². The number of esters is 1. The molecule has 88 valence electrons. The van der Waals surface area contributed by atoms with Crippen LogP contribution in [0.3, 0.4) is 0 Å². The van der Waals surface area contributed by atoms with E-state index in [9.17, 15) is 4.79 Å². The van der Waals surface area contributed by atoms with Gasteiger partial charge in [0.05, 0.1) is 18.2 Å². The molecule has 0 bridgehead atoms. The fourth-order valence-corrected chi connectivity index (χ4v) is 2.05. The number of hydrogen-bond donors (Lipinski definition) is 1. The molecule has 1 aliphatic carbocycles. The predicted molar refractivity (Wildman–Crippen MR) is 63.9 cm³/mol. The van der Waals surface area contributed by atoms with E-state index < -0.39 is 0 Å². The van der Waals surface area contributed by atoms with Crippen molar-refractivity contribution in [3.63, 3.8) is 0 Å². The van der Waals surface area contributed by atoms with E-state index in [2.05, 4.69) is 9.97 Å². The number of fused-ring (bicyclic) bond motifs is 1. The molecule has 0 unspecified atom stereocenters. The highest BCUT2D eigenvalue weighted by atomic mass is 16.5. The van der Waals surface area contributed by atoms with Crippen LogP contribution in [0.25, 0.3) is 11.0 Å². The molecule has 1 aromatic heterocycles. The average molecular weight is 230 g/mol. The number of imidazole rings is 1. The van der Waals surface area contributed by atoms with Crippen LogP contribution < -0.4 is 0 Å². The molecule has 4 heteroatoms. The standard InChI is InChI=1S/C13H14N2O2/c1-17-13(16)9-3-2-4-10-12(9)15-11(14-10)7-8-5-6-8/h2-4,8H,5-7H2,1H3,(H,14,15). The first-order valence-corrected chi connectivity index (χ1v) is 5.84. The van der Waals surface area contributed by atoms with Crippen LogP contribution in [0.4, 0.5) is 0 Å². The number of benzene rings is 1. The minimum Gasteiger partial charge on any atom is -0.465 e. The van der Waals surface area contributed by atoms with Gasteiger partial charge in [-0.25, -0.2) is 9.78 Å². The van der Waals surface area contributed by atoms with E-state index in [1.54, 1.807) is 6.07 Å². The summed E-state index contributed by atoms with van der Waals surface area (Å²) < 4.78 is 4.75.